The predicted octanol–water partition coefficient (Wildman–Crippen LogP) is 3.85. The van der Waals surface area contributed by atoms with Crippen molar-refractivity contribution in [1.82, 2.24) is 5.32 Å². The lowest BCUT2D eigenvalue weighted by molar-refractivity contribution is 0.422. The van der Waals surface area contributed by atoms with E-state index in [4.69, 9.17) is 0 Å². The van der Waals surface area contributed by atoms with E-state index in [2.05, 4.69) is 45.5 Å². The van der Waals surface area contributed by atoms with Crippen molar-refractivity contribution >= 4 is 15.9 Å². The molecule has 1 atom stereocenters. The van der Waals surface area contributed by atoms with Gasteiger partial charge in [0, 0.05) is 10.5 Å². The summed E-state index contributed by atoms with van der Waals surface area (Å²) in [4.78, 5) is 0. The molecule has 0 saturated heterocycles. The highest BCUT2D eigenvalue weighted by Crippen LogP contribution is 2.41. The Balaban J connectivity index is 1.98. The molecule has 0 spiro atoms. The number of hydrogen-bond acceptors (Lipinski definition) is 1. The number of halogens is 2. The molecule has 0 aromatic heterocycles. The molecule has 1 aliphatic rings. The van der Waals surface area contributed by atoms with Crippen molar-refractivity contribution in [2.24, 2.45) is 5.92 Å². The summed E-state index contributed by atoms with van der Waals surface area (Å²) in [5.41, 5.74) is 1.32. The van der Waals surface area contributed by atoms with Gasteiger partial charge in [0.2, 0.25) is 0 Å². The van der Waals surface area contributed by atoms with Gasteiger partial charge in [-0.25, -0.2) is 0 Å². The van der Waals surface area contributed by atoms with E-state index in [1.165, 1.54) is 18.4 Å². The van der Waals surface area contributed by atoms with Crippen molar-refractivity contribution < 1.29 is 4.39 Å². The van der Waals surface area contributed by atoms with Crippen LogP contribution in [0.3, 0.4) is 0 Å². The summed E-state index contributed by atoms with van der Waals surface area (Å²) in [6.45, 7) is 0.540. The fourth-order valence-corrected chi connectivity index (χ4v) is 2.25. The third kappa shape index (κ3) is 3.29. The molecule has 1 aromatic rings. The van der Waals surface area contributed by atoms with Crippen LogP contribution in [-0.4, -0.2) is 13.2 Å². The van der Waals surface area contributed by atoms with Crippen molar-refractivity contribution in [2.75, 3.05) is 13.2 Å². The van der Waals surface area contributed by atoms with Crippen molar-refractivity contribution in [1.29, 1.82) is 0 Å². The van der Waals surface area contributed by atoms with Crippen molar-refractivity contribution in [3.8, 4) is 0 Å². The molecular formula is C13H17BrFN. The topological polar surface area (TPSA) is 12.0 Å². The van der Waals surface area contributed by atoms with Crippen LogP contribution in [0.4, 0.5) is 4.39 Å². The maximum Gasteiger partial charge on any atom is 0.0906 e. The normalized spacial score (nSPS) is 17.4. The van der Waals surface area contributed by atoms with Gasteiger partial charge in [-0.05, 0) is 49.4 Å². The zero-order valence-corrected chi connectivity index (χ0v) is 10.8. The number of hydrogen-bond donors (Lipinski definition) is 1. The van der Waals surface area contributed by atoms with Gasteiger partial charge in [-0.15, -0.1) is 0 Å². The van der Waals surface area contributed by atoms with E-state index in [-0.39, 0.29) is 6.67 Å². The molecule has 16 heavy (non-hydrogen) atoms. The van der Waals surface area contributed by atoms with Crippen LogP contribution in [-0.2, 0) is 0 Å². The molecule has 0 aliphatic heterocycles. The van der Waals surface area contributed by atoms with Crippen LogP contribution in [0.2, 0.25) is 0 Å². The second kappa shape index (κ2) is 5.78. The summed E-state index contributed by atoms with van der Waals surface area (Å²) in [6, 6.07) is 8.85. The Morgan fingerprint density at radius 3 is 2.56 bits per heavy atom. The molecule has 0 radical (unpaired) electrons. The van der Waals surface area contributed by atoms with Gasteiger partial charge in [-0.1, -0.05) is 28.1 Å². The minimum atomic E-state index is -0.231. The van der Waals surface area contributed by atoms with E-state index >= 15 is 0 Å². The fraction of sp³-hybridized carbons (Fsp3) is 0.538. The fourth-order valence-electron chi connectivity index (χ4n) is 1.98. The van der Waals surface area contributed by atoms with Gasteiger partial charge in [0.15, 0.2) is 0 Å². The quantitative estimate of drug-likeness (QED) is 0.783. The monoisotopic (exact) mass is 285 g/mol. The molecule has 1 aromatic carbocycles. The molecule has 1 nitrogen and oxygen atoms in total. The Morgan fingerprint density at radius 2 is 2.00 bits per heavy atom. The molecule has 1 saturated carbocycles. The van der Waals surface area contributed by atoms with E-state index < -0.39 is 0 Å². The maximum atomic E-state index is 12.1. The highest BCUT2D eigenvalue weighted by Gasteiger charge is 2.31. The van der Waals surface area contributed by atoms with Gasteiger partial charge < -0.3 is 5.32 Å². The predicted molar refractivity (Wildman–Crippen MR) is 68.2 cm³/mol. The molecule has 0 amide bonds. The number of rotatable bonds is 6. The van der Waals surface area contributed by atoms with E-state index in [1.807, 2.05) is 0 Å². The first-order chi connectivity index (χ1) is 7.81. The molecule has 1 aliphatic carbocycles. The smallest absolute Gasteiger partial charge is 0.0906 e. The molecule has 1 fully saturated rings. The van der Waals surface area contributed by atoms with Gasteiger partial charge in [-0.2, -0.15) is 0 Å². The average molecular weight is 286 g/mol. The molecule has 2 rings (SSSR count). The average Bonchev–Trinajstić information content (AvgIpc) is 3.10. The first kappa shape index (κ1) is 12.1. The van der Waals surface area contributed by atoms with Crippen molar-refractivity contribution in [2.45, 2.75) is 25.3 Å². The third-order valence-electron chi connectivity index (χ3n) is 3.00. The second-order valence-electron chi connectivity index (χ2n) is 4.36. The Labute approximate surface area is 105 Å². The number of alkyl halides is 1. The molecule has 0 heterocycles. The van der Waals surface area contributed by atoms with Crippen LogP contribution < -0.4 is 5.32 Å². The summed E-state index contributed by atoms with van der Waals surface area (Å²) in [7, 11) is 0. The van der Waals surface area contributed by atoms with Crippen LogP contribution in [0.5, 0.6) is 0 Å². The molecule has 3 heteroatoms. The summed E-state index contributed by atoms with van der Waals surface area (Å²) < 4.78 is 13.2. The van der Waals surface area contributed by atoms with E-state index in [9.17, 15) is 4.39 Å². The first-order valence-electron chi connectivity index (χ1n) is 5.86. The van der Waals surface area contributed by atoms with Crippen LogP contribution in [0, 0.1) is 5.92 Å². The van der Waals surface area contributed by atoms with Gasteiger partial charge >= 0.3 is 0 Å². The number of benzene rings is 1. The summed E-state index contributed by atoms with van der Waals surface area (Å²) >= 11 is 3.44. The molecule has 1 N–H and O–H groups in total. The molecule has 0 bridgehead atoms. The maximum absolute atomic E-state index is 12.1. The van der Waals surface area contributed by atoms with E-state index in [1.54, 1.807) is 0 Å². The Kier molecular flexibility index (Phi) is 4.36. The standard InChI is InChI=1S/C13H17BrFN/c14-12-6-4-11(5-7-12)13(10-2-3-10)16-9-1-8-15/h4-7,10,13,16H,1-3,8-9H2. The largest absolute Gasteiger partial charge is 0.310 e. The zero-order chi connectivity index (χ0) is 11.4. The minimum Gasteiger partial charge on any atom is -0.310 e. The van der Waals surface area contributed by atoms with Crippen molar-refractivity contribution in [3.05, 3.63) is 34.3 Å². The lowest BCUT2D eigenvalue weighted by Gasteiger charge is -2.18. The highest BCUT2D eigenvalue weighted by molar-refractivity contribution is 9.10. The molecular weight excluding hydrogens is 269 g/mol. The third-order valence-corrected chi connectivity index (χ3v) is 3.53. The zero-order valence-electron chi connectivity index (χ0n) is 9.26. The van der Waals surface area contributed by atoms with Gasteiger partial charge in [0.05, 0.1) is 6.67 Å². The minimum absolute atomic E-state index is 0.231. The van der Waals surface area contributed by atoms with Gasteiger partial charge in [-0.3, -0.25) is 4.39 Å². The van der Waals surface area contributed by atoms with Crippen LogP contribution in [0.1, 0.15) is 30.9 Å². The lowest BCUT2D eigenvalue weighted by atomic mass is 10.0. The first-order valence-corrected chi connectivity index (χ1v) is 6.65. The highest BCUT2D eigenvalue weighted by atomic mass is 79.9. The Hall–Kier alpha value is -0.410. The van der Waals surface area contributed by atoms with E-state index in [0.29, 0.717) is 12.5 Å². The van der Waals surface area contributed by atoms with Crippen LogP contribution in [0.25, 0.3) is 0 Å². The van der Waals surface area contributed by atoms with Gasteiger partial charge in [0.25, 0.3) is 0 Å². The lowest BCUT2D eigenvalue weighted by Crippen LogP contribution is -2.24. The van der Waals surface area contributed by atoms with Crippen LogP contribution in [0.15, 0.2) is 28.7 Å². The van der Waals surface area contributed by atoms with Crippen LogP contribution >= 0.6 is 15.9 Å². The Morgan fingerprint density at radius 1 is 1.31 bits per heavy atom. The number of nitrogens with one attached hydrogen (secondary N) is 1. The summed E-state index contributed by atoms with van der Waals surface area (Å²) in [5, 5.41) is 3.46. The SMILES string of the molecule is FCCCNC(c1ccc(Br)cc1)C1CC1. The van der Waals surface area contributed by atoms with Gasteiger partial charge in [0.1, 0.15) is 0 Å². The second-order valence-corrected chi connectivity index (χ2v) is 5.28. The summed E-state index contributed by atoms with van der Waals surface area (Å²) in [5.74, 6) is 0.751. The summed E-state index contributed by atoms with van der Waals surface area (Å²) in [6.07, 6.45) is 3.20. The molecule has 88 valence electrons. The molecule has 1 unspecified atom stereocenters. The van der Waals surface area contributed by atoms with Crippen molar-refractivity contribution in [3.63, 3.8) is 0 Å². The Bertz CT molecular complexity index is 321. The van der Waals surface area contributed by atoms with E-state index in [0.717, 1.165) is 16.9 Å².